The van der Waals surface area contributed by atoms with Gasteiger partial charge in [0.05, 0.1) is 0 Å². The maximum atomic E-state index is 13.1. The van der Waals surface area contributed by atoms with Crippen LogP contribution in [0.1, 0.15) is 28.8 Å². The Kier molecular flexibility index (Phi) is 4.03. The molecule has 1 saturated heterocycles. The van der Waals surface area contributed by atoms with Gasteiger partial charge in [-0.3, -0.25) is 14.5 Å². The smallest absolute Gasteiger partial charge is 0.325 e. The fourth-order valence-corrected chi connectivity index (χ4v) is 4.75. The van der Waals surface area contributed by atoms with Crippen molar-refractivity contribution in [1.29, 1.82) is 0 Å². The second-order valence-corrected chi connectivity index (χ2v) is 7.76. The lowest BCUT2D eigenvalue weighted by molar-refractivity contribution is -0.134. The lowest BCUT2D eigenvalue weighted by Crippen LogP contribution is -2.46. The van der Waals surface area contributed by atoms with E-state index in [1.807, 2.05) is 36.6 Å². The molecule has 0 unspecified atom stereocenters. The predicted molar refractivity (Wildman–Crippen MR) is 99.0 cm³/mol. The number of amides is 4. The van der Waals surface area contributed by atoms with Crippen molar-refractivity contribution >= 4 is 34.9 Å². The maximum absolute atomic E-state index is 13.1. The predicted octanol–water partition coefficient (Wildman–Crippen LogP) is 2.78. The SMILES string of the molecule is Cc1cccc(NC(=O)CN2C(=O)N[C@@]3(CCCc4sccc43)C2=O)c1. The molecule has 7 heteroatoms. The van der Waals surface area contributed by atoms with E-state index in [0.717, 1.165) is 33.7 Å². The lowest BCUT2D eigenvalue weighted by Gasteiger charge is -2.31. The number of fused-ring (bicyclic) bond motifs is 2. The number of hydrogen-bond acceptors (Lipinski definition) is 4. The molecule has 2 aliphatic rings. The molecule has 6 nitrogen and oxygen atoms in total. The highest BCUT2D eigenvalue weighted by atomic mass is 32.1. The van der Waals surface area contributed by atoms with Crippen LogP contribution in [0.4, 0.5) is 10.5 Å². The van der Waals surface area contributed by atoms with Crippen molar-refractivity contribution < 1.29 is 14.4 Å². The second kappa shape index (κ2) is 6.25. The fourth-order valence-electron chi connectivity index (χ4n) is 3.75. The van der Waals surface area contributed by atoms with Gasteiger partial charge in [-0.05, 0) is 55.3 Å². The third-order valence-corrected chi connectivity index (χ3v) is 5.92. The molecule has 1 fully saturated rings. The van der Waals surface area contributed by atoms with Gasteiger partial charge in [0.2, 0.25) is 5.91 Å². The van der Waals surface area contributed by atoms with Crippen molar-refractivity contribution in [3.63, 3.8) is 0 Å². The third kappa shape index (κ3) is 2.68. The van der Waals surface area contributed by atoms with Crippen LogP contribution in [0.15, 0.2) is 35.7 Å². The van der Waals surface area contributed by atoms with Crippen molar-refractivity contribution in [3.05, 3.63) is 51.7 Å². The van der Waals surface area contributed by atoms with Gasteiger partial charge in [-0.25, -0.2) is 4.79 Å². The fraction of sp³-hybridized carbons (Fsp3) is 0.316. The maximum Gasteiger partial charge on any atom is 0.325 e. The Morgan fingerprint density at radius 3 is 3.00 bits per heavy atom. The number of rotatable bonds is 3. The van der Waals surface area contributed by atoms with E-state index in [4.69, 9.17) is 0 Å². The summed E-state index contributed by atoms with van der Waals surface area (Å²) in [4.78, 5) is 40.0. The van der Waals surface area contributed by atoms with Crippen molar-refractivity contribution in [2.75, 3.05) is 11.9 Å². The molecule has 1 spiro atoms. The number of aryl methyl sites for hydroxylation is 2. The Morgan fingerprint density at radius 2 is 2.19 bits per heavy atom. The molecule has 26 heavy (non-hydrogen) atoms. The molecule has 2 heterocycles. The molecule has 2 N–H and O–H groups in total. The Bertz CT molecular complexity index is 907. The van der Waals surface area contributed by atoms with Crippen molar-refractivity contribution in [1.82, 2.24) is 10.2 Å². The number of thiophene rings is 1. The highest BCUT2D eigenvalue weighted by Gasteiger charge is 2.54. The number of nitrogens with one attached hydrogen (secondary N) is 2. The third-order valence-electron chi connectivity index (χ3n) is 4.94. The zero-order valence-corrected chi connectivity index (χ0v) is 15.2. The van der Waals surface area contributed by atoms with Gasteiger partial charge in [-0.2, -0.15) is 0 Å². The van der Waals surface area contributed by atoms with Crippen LogP contribution in [0.25, 0.3) is 0 Å². The molecule has 0 saturated carbocycles. The normalized spacial score (nSPS) is 21.7. The van der Waals surface area contributed by atoms with Gasteiger partial charge in [0, 0.05) is 16.1 Å². The van der Waals surface area contributed by atoms with E-state index in [9.17, 15) is 14.4 Å². The molecule has 1 aliphatic heterocycles. The first-order valence-corrected chi connectivity index (χ1v) is 9.45. The molecule has 134 valence electrons. The summed E-state index contributed by atoms with van der Waals surface area (Å²) in [7, 11) is 0. The summed E-state index contributed by atoms with van der Waals surface area (Å²) in [5, 5.41) is 7.55. The lowest BCUT2D eigenvalue weighted by atomic mass is 9.80. The summed E-state index contributed by atoms with van der Waals surface area (Å²) in [5.41, 5.74) is 1.54. The molecular weight excluding hydrogens is 350 g/mol. The van der Waals surface area contributed by atoms with Gasteiger partial charge in [-0.1, -0.05) is 12.1 Å². The molecule has 1 aliphatic carbocycles. The first kappa shape index (κ1) is 16.8. The Balaban J connectivity index is 1.53. The molecule has 4 rings (SSSR count). The monoisotopic (exact) mass is 369 g/mol. The van der Waals surface area contributed by atoms with E-state index in [-0.39, 0.29) is 12.5 Å². The number of urea groups is 1. The largest absolute Gasteiger partial charge is 0.325 e. The number of anilines is 1. The highest BCUT2D eigenvalue weighted by molar-refractivity contribution is 7.10. The molecular formula is C19H19N3O3S. The topological polar surface area (TPSA) is 78.5 Å². The van der Waals surface area contributed by atoms with Crippen LogP contribution in [-0.2, 0) is 21.5 Å². The van der Waals surface area contributed by atoms with Crippen LogP contribution < -0.4 is 10.6 Å². The molecule has 1 atom stereocenters. The minimum atomic E-state index is -1.01. The first-order valence-electron chi connectivity index (χ1n) is 8.57. The van der Waals surface area contributed by atoms with Crippen molar-refractivity contribution in [2.24, 2.45) is 0 Å². The Hall–Kier alpha value is -2.67. The van der Waals surface area contributed by atoms with E-state index in [1.54, 1.807) is 17.4 Å². The summed E-state index contributed by atoms with van der Waals surface area (Å²) in [5.74, 6) is -0.723. The van der Waals surface area contributed by atoms with Crippen LogP contribution in [0.3, 0.4) is 0 Å². The van der Waals surface area contributed by atoms with Crippen LogP contribution >= 0.6 is 11.3 Å². The van der Waals surface area contributed by atoms with Crippen LogP contribution in [0, 0.1) is 6.92 Å². The highest BCUT2D eigenvalue weighted by Crippen LogP contribution is 2.42. The van der Waals surface area contributed by atoms with E-state index < -0.39 is 17.5 Å². The quantitative estimate of drug-likeness (QED) is 0.817. The number of nitrogens with zero attached hydrogens (tertiary/aromatic N) is 1. The van der Waals surface area contributed by atoms with E-state index in [1.165, 1.54) is 0 Å². The second-order valence-electron chi connectivity index (χ2n) is 6.76. The van der Waals surface area contributed by atoms with Crippen LogP contribution in [-0.4, -0.2) is 29.3 Å². The number of carbonyl (C=O) groups is 3. The molecule has 0 radical (unpaired) electrons. The van der Waals surface area contributed by atoms with Crippen LogP contribution in [0.5, 0.6) is 0 Å². The van der Waals surface area contributed by atoms with E-state index in [2.05, 4.69) is 10.6 Å². The van der Waals surface area contributed by atoms with Gasteiger partial charge in [0.1, 0.15) is 12.1 Å². The molecule has 0 bridgehead atoms. The minimum Gasteiger partial charge on any atom is -0.325 e. The summed E-state index contributed by atoms with van der Waals surface area (Å²) in [6.07, 6.45) is 2.33. The average Bonchev–Trinajstić information content (AvgIpc) is 3.16. The summed E-state index contributed by atoms with van der Waals surface area (Å²) >= 11 is 1.61. The molecule has 1 aromatic carbocycles. The van der Waals surface area contributed by atoms with Crippen molar-refractivity contribution in [2.45, 2.75) is 31.7 Å². The van der Waals surface area contributed by atoms with E-state index in [0.29, 0.717) is 12.1 Å². The van der Waals surface area contributed by atoms with Crippen LogP contribution in [0.2, 0.25) is 0 Å². The van der Waals surface area contributed by atoms with Gasteiger partial charge in [0.15, 0.2) is 0 Å². The van der Waals surface area contributed by atoms with Gasteiger partial charge in [-0.15, -0.1) is 11.3 Å². The Morgan fingerprint density at radius 1 is 1.35 bits per heavy atom. The molecule has 2 aromatic rings. The average molecular weight is 369 g/mol. The van der Waals surface area contributed by atoms with Gasteiger partial charge < -0.3 is 10.6 Å². The number of imide groups is 1. The number of carbonyl (C=O) groups excluding carboxylic acids is 3. The van der Waals surface area contributed by atoms with Crippen molar-refractivity contribution in [3.8, 4) is 0 Å². The number of hydrogen-bond donors (Lipinski definition) is 2. The minimum absolute atomic E-state index is 0.292. The summed E-state index contributed by atoms with van der Waals surface area (Å²) < 4.78 is 0. The first-order chi connectivity index (χ1) is 12.5. The summed E-state index contributed by atoms with van der Waals surface area (Å²) in [6, 6.07) is 8.79. The summed E-state index contributed by atoms with van der Waals surface area (Å²) in [6.45, 7) is 1.64. The van der Waals surface area contributed by atoms with Gasteiger partial charge >= 0.3 is 6.03 Å². The standard InChI is InChI=1S/C19H19N3O3S/c1-12-4-2-5-13(10-12)20-16(23)11-22-17(24)19(21-18(22)25)8-3-6-15-14(19)7-9-26-15/h2,4-5,7,9-10H,3,6,8,11H2,1H3,(H,20,23)(H,21,25)/t19-/m1/s1. The number of benzene rings is 1. The zero-order valence-electron chi connectivity index (χ0n) is 14.4. The van der Waals surface area contributed by atoms with Gasteiger partial charge in [0.25, 0.3) is 5.91 Å². The molecule has 1 aromatic heterocycles. The Labute approximate surface area is 155 Å². The molecule has 4 amide bonds. The van der Waals surface area contributed by atoms with E-state index >= 15 is 0 Å². The zero-order chi connectivity index (χ0) is 18.3.